The van der Waals surface area contributed by atoms with E-state index in [2.05, 4.69) is 0 Å². The van der Waals surface area contributed by atoms with Gasteiger partial charge in [0.15, 0.2) is 9.84 Å². The molecule has 0 bridgehead atoms. The molecule has 0 unspecified atom stereocenters. The van der Waals surface area contributed by atoms with E-state index in [1.54, 1.807) is 48.5 Å². The molecule has 132 valence electrons. The van der Waals surface area contributed by atoms with Gasteiger partial charge >= 0.3 is 5.97 Å². The Bertz CT molecular complexity index is 1010. The molecule has 0 radical (unpaired) electrons. The van der Waals surface area contributed by atoms with Gasteiger partial charge in [-0.3, -0.25) is 0 Å². The second-order valence-electron chi connectivity index (χ2n) is 5.80. The van der Waals surface area contributed by atoms with Gasteiger partial charge in [-0.1, -0.05) is 54.6 Å². The van der Waals surface area contributed by atoms with Crippen LogP contribution in [0.5, 0.6) is 0 Å². The predicted octanol–water partition coefficient (Wildman–Crippen LogP) is 4.11. The van der Waals surface area contributed by atoms with Crippen molar-refractivity contribution in [1.82, 2.24) is 0 Å². The maximum Gasteiger partial charge on any atom is 0.338 e. The summed E-state index contributed by atoms with van der Waals surface area (Å²) < 4.78 is 30.3. The van der Waals surface area contributed by atoms with E-state index in [0.29, 0.717) is 5.56 Å². The second-order valence-corrected chi connectivity index (χ2v) is 7.79. The number of ether oxygens (including phenoxy) is 1. The van der Waals surface area contributed by atoms with Crippen molar-refractivity contribution in [1.29, 1.82) is 0 Å². The van der Waals surface area contributed by atoms with E-state index in [1.165, 1.54) is 7.11 Å². The Morgan fingerprint density at radius 1 is 0.846 bits per heavy atom. The number of rotatable bonds is 5. The summed E-state index contributed by atoms with van der Waals surface area (Å²) >= 11 is 0. The van der Waals surface area contributed by atoms with Crippen LogP contribution < -0.4 is 0 Å². The molecule has 0 saturated carbocycles. The summed E-state index contributed by atoms with van der Waals surface area (Å²) in [6.07, 6.45) is 0. The van der Waals surface area contributed by atoms with E-state index < -0.39 is 15.8 Å². The van der Waals surface area contributed by atoms with Crippen LogP contribution in [0, 0.1) is 0 Å². The molecule has 0 heterocycles. The van der Waals surface area contributed by atoms with Gasteiger partial charge < -0.3 is 4.74 Å². The molecule has 3 aromatic rings. The van der Waals surface area contributed by atoms with Crippen LogP contribution in [0.15, 0.2) is 83.8 Å². The Hall–Kier alpha value is -2.92. The first-order valence-electron chi connectivity index (χ1n) is 8.06. The van der Waals surface area contributed by atoms with Crippen molar-refractivity contribution < 1.29 is 17.9 Å². The largest absolute Gasteiger partial charge is 0.465 e. The minimum atomic E-state index is -3.58. The van der Waals surface area contributed by atoms with E-state index >= 15 is 0 Å². The molecule has 0 aliphatic rings. The van der Waals surface area contributed by atoms with Crippen LogP contribution in [0.2, 0.25) is 0 Å². The average molecular weight is 366 g/mol. The standard InChI is InChI=1S/C21H18O4S/c1-25-21(22)20-13-12-17(16-8-4-2-5-9-16)14-18(20)15-26(23,24)19-10-6-3-7-11-19/h2-14H,15H2,1H3. The summed E-state index contributed by atoms with van der Waals surface area (Å²) in [4.78, 5) is 12.3. The van der Waals surface area contributed by atoms with Crippen LogP contribution in [0.25, 0.3) is 11.1 Å². The van der Waals surface area contributed by atoms with Crippen molar-refractivity contribution in [3.63, 3.8) is 0 Å². The Labute approximate surface area is 153 Å². The highest BCUT2D eigenvalue weighted by Crippen LogP contribution is 2.26. The fourth-order valence-electron chi connectivity index (χ4n) is 2.75. The van der Waals surface area contributed by atoms with Gasteiger partial charge in [-0.2, -0.15) is 0 Å². The van der Waals surface area contributed by atoms with Gasteiger partial charge in [0.05, 0.1) is 23.3 Å². The molecule has 0 aliphatic carbocycles. The van der Waals surface area contributed by atoms with Crippen LogP contribution >= 0.6 is 0 Å². The molecule has 0 amide bonds. The van der Waals surface area contributed by atoms with Crippen molar-refractivity contribution in [2.24, 2.45) is 0 Å². The zero-order valence-corrected chi connectivity index (χ0v) is 15.1. The molecule has 5 heteroatoms. The molecular formula is C21H18O4S. The lowest BCUT2D eigenvalue weighted by Crippen LogP contribution is -2.11. The number of esters is 1. The second kappa shape index (κ2) is 7.54. The number of hydrogen-bond acceptors (Lipinski definition) is 4. The highest BCUT2D eigenvalue weighted by Gasteiger charge is 2.21. The molecule has 4 nitrogen and oxygen atoms in total. The van der Waals surface area contributed by atoms with Crippen LogP contribution in [0.4, 0.5) is 0 Å². The molecular weight excluding hydrogens is 348 g/mol. The van der Waals surface area contributed by atoms with E-state index in [-0.39, 0.29) is 16.2 Å². The first kappa shape index (κ1) is 17.9. The third-order valence-corrected chi connectivity index (χ3v) is 5.75. The van der Waals surface area contributed by atoms with E-state index in [0.717, 1.165) is 11.1 Å². The summed E-state index contributed by atoms with van der Waals surface area (Å²) in [6.45, 7) is 0. The smallest absolute Gasteiger partial charge is 0.338 e. The normalized spacial score (nSPS) is 11.1. The van der Waals surface area contributed by atoms with Crippen LogP contribution in [0.3, 0.4) is 0 Å². The quantitative estimate of drug-likeness (QED) is 0.638. The maximum absolute atomic E-state index is 12.8. The van der Waals surface area contributed by atoms with Crippen molar-refractivity contribution in [3.05, 3.63) is 90.0 Å². The monoisotopic (exact) mass is 366 g/mol. The molecule has 3 aromatic carbocycles. The third kappa shape index (κ3) is 3.83. The SMILES string of the molecule is COC(=O)c1ccc(-c2ccccc2)cc1CS(=O)(=O)c1ccccc1. The maximum atomic E-state index is 12.8. The summed E-state index contributed by atoms with van der Waals surface area (Å²) in [7, 11) is -2.30. The first-order chi connectivity index (χ1) is 12.5. The molecule has 26 heavy (non-hydrogen) atoms. The molecule has 0 spiro atoms. The third-order valence-electron chi connectivity index (χ3n) is 4.07. The van der Waals surface area contributed by atoms with Gasteiger partial charge in [-0.15, -0.1) is 0 Å². The minimum Gasteiger partial charge on any atom is -0.465 e. The molecule has 0 N–H and O–H groups in total. The van der Waals surface area contributed by atoms with Gasteiger partial charge in [-0.05, 0) is 41.0 Å². The Morgan fingerprint density at radius 3 is 2.08 bits per heavy atom. The fraction of sp³-hybridized carbons (Fsp3) is 0.0952. The van der Waals surface area contributed by atoms with Crippen LogP contribution in [-0.4, -0.2) is 21.5 Å². The molecule has 0 fully saturated rings. The Kier molecular flexibility index (Phi) is 5.19. The topological polar surface area (TPSA) is 60.4 Å². The van der Waals surface area contributed by atoms with Crippen molar-refractivity contribution in [2.45, 2.75) is 10.6 Å². The number of sulfone groups is 1. The summed E-state index contributed by atoms with van der Waals surface area (Å²) in [5.74, 6) is -0.829. The lowest BCUT2D eigenvalue weighted by atomic mass is 10.00. The van der Waals surface area contributed by atoms with Gasteiger partial charge in [0.2, 0.25) is 0 Å². The predicted molar refractivity (Wildman–Crippen MR) is 101 cm³/mol. The Balaban J connectivity index is 2.07. The van der Waals surface area contributed by atoms with Gasteiger partial charge in [-0.25, -0.2) is 13.2 Å². The van der Waals surface area contributed by atoms with Gasteiger partial charge in [0.1, 0.15) is 0 Å². The summed E-state index contributed by atoms with van der Waals surface area (Å²) in [6, 6.07) is 22.9. The lowest BCUT2D eigenvalue weighted by molar-refractivity contribution is 0.0600. The first-order valence-corrected chi connectivity index (χ1v) is 9.71. The van der Waals surface area contributed by atoms with Crippen molar-refractivity contribution >= 4 is 15.8 Å². The molecule has 0 saturated heterocycles. The van der Waals surface area contributed by atoms with E-state index in [1.807, 2.05) is 30.3 Å². The number of benzene rings is 3. The van der Waals surface area contributed by atoms with Gasteiger partial charge in [0.25, 0.3) is 0 Å². The lowest BCUT2D eigenvalue weighted by Gasteiger charge is -2.12. The van der Waals surface area contributed by atoms with Crippen molar-refractivity contribution in [3.8, 4) is 11.1 Å². The zero-order valence-electron chi connectivity index (χ0n) is 14.3. The number of carbonyl (C=O) groups is 1. The minimum absolute atomic E-state index is 0.223. The zero-order chi connectivity index (χ0) is 18.6. The number of methoxy groups -OCH3 is 1. The van der Waals surface area contributed by atoms with E-state index in [9.17, 15) is 13.2 Å². The number of carbonyl (C=O) groups excluding carboxylic acids is 1. The summed E-state index contributed by atoms with van der Waals surface area (Å²) in [5.41, 5.74) is 2.47. The molecule has 0 aromatic heterocycles. The highest BCUT2D eigenvalue weighted by molar-refractivity contribution is 7.90. The van der Waals surface area contributed by atoms with E-state index in [4.69, 9.17) is 4.74 Å². The van der Waals surface area contributed by atoms with Crippen LogP contribution in [0.1, 0.15) is 15.9 Å². The number of hydrogen-bond donors (Lipinski definition) is 0. The molecule has 0 atom stereocenters. The van der Waals surface area contributed by atoms with Crippen LogP contribution in [-0.2, 0) is 20.3 Å². The summed E-state index contributed by atoms with van der Waals surface area (Å²) in [5, 5.41) is 0. The molecule has 0 aliphatic heterocycles. The average Bonchev–Trinajstić information content (AvgIpc) is 2.68. The van der Waals surface area contributed by atoms with Gasteiger partial charge in [0, 0.05) is 0 Å². The fourth-order valence-corrected chi connectivity index (χ4v) is 4.14. The Morgan fingerprint density at radius 2 is 1.46 bits per heavy atom. The van der Waals surface area contributed by atoms with Crippen molar-refractivity contribution in [2.75, 3.05) is 7.11 Å². The highest BCUT2D eigenvalue weighted by atomic mass is 32.2. The molecule has 3 rings (SSSR count).